The van der Waals surface area contributed by atoms with E-state index in [1.54, 1.807) is 29.2 Å². The number of fused-ring (bicyclic) bond motifs is 2. The molecule has 0 bridgehead atoms. The monoisotopic (exact) mass is 319 g/mol. The molecule has 2 atom stereocenters. The van der Waals surface area contributed by atoms with Gasteiger partial charge in [-0.25, -0.2) is 0 Å². The molecule has 0 aromatic heterocycles. The summed E-state index contributed by atoms with van der Waals surface area (Å²) in [6.45, 7) is 0.468. The van der Waals surface area contributed by atoms with Crippen molar-refractivity contribution in [1.82, 2.24) is 10.2 Å². The van der Waals surface area contributed by atoms with Gasteiger partial charge in [-0.2, -0.15) is 11.8 Å². The number of nitrogens with zero attached hydrogens (tertiary/aromatic N) is 1. The summed E-state index contributed by atoms with van der Waals surface area (Å²) >= 11 is 1.42. The first-order valence-corrected chi connectivity index (χ1v) is 8.50. The maximum Gasteiger partial charge on any atom is 0.256 e. The molecule has 0 unspecified atom stereocenters. The van der Waals surface area contributed by atoms with Crippen LogP contribution in [0.2, 0.25) is 0 Å². The normalized spacial score (nSPS) is 23.4. The Hall–Kier alpha value is -2.02. The zero-order valence-corrected chi connectivity index (χ0v) is 13.0. The largest absolute Gasteiger partial charge is 0.350 e. The predicted octanol–water partition coefficient (Wildman–Crippen LogP) is 0.701. The zero-order chi connectivity index (χ0) is 15.7. The van der Waals surface area contributed by atoms with Crippen LogP contribution < -0.4 is 10.6 Å². The van der Waals surface area contributed by atoms with Gasteiger partial charge in [0.2, 0.25) is 11.8 Å². The standard InChI is InChI=1S/C15H17N3O3S/c1-22-8-12(19)16-11-6-7-18-13(11)14(20)17-10-5-3-2-4-9(10)15(18)21/h2-5,11,13H,6-8H2,1H3,(H,16,19)(H,17,20)/t11-,13+/m1/s1. The first-order valence-electron chi connectivity index (χ1n) is 7.11. The van der Waals surface area contributed by atoms with E-state index >= 15 is 0 Å². The van der Waals surface area contributed by atoms with Gasteiger partial charge in [0.05, 0.1) is 23.0 Å². The number of carbonyl (C=O) groups excluding carboxylic acids is 3. The smallest absolute Gasteiger partial charge is 0.256 e. The Morgan fingerprint density at radius 2 is 2.18 bits per heavy atom. The lowest BCUT2D eigenvalue weighted by Crippen LogP contribution is -2.51. The van der Waals surface area contributed by atoms with E-state index in [1.165, 1.54) is 11.8 Å². The topological polar surface area (TPSA) is 78.5 Å². The summed E-state index contributed by atoms with van der Waals surface area (Å²) in [7, 11) is 0. The highest BCUT2D eigenvalue weighted by atomic mass is 32.2. The van der Waals surface area contributed by atoms with Gasteiger partial charge in [0.1, 0.15) is 6.04 Å². The molecular formula is C15H17N3O3S. The molecule has 1 aromatic rings. The van der Waals surface area contributed by atoms with E-state index < -0.39 is 6.04 Å². The number of hydrogen-bond acceptors (Lipinski definition) is 4. The average Bonchev–Trinajstić information content (AvgIpc) is 2.86. The van der Waals surface area contributed by atoms with Gasteiger partial charge in [-0.3, -0.25) is 14.4 Å². The van der Waals surface area contributed by atoms with E-state index in [2.05, 4.69) is 10.6 Å². The molecule has 116 valence electrons. The number of amides is 3. The molecule has 1 saturated heterocycles. The minimum absolute atomic E-state index is 0.110. The van der Waals surface area contributed by atoms with Crippen LogP contribution in [0.5, 0.6) is 0 Å². The van der Waals surface area contributed by atoms with E-state index in [4.69, 9.17) is 0 Å². The molecule has 0 spiro atoms. The van der Waals surface area contributed by atoms with Crippen molar-refractivity contribution in [2.24, 2.45) is 0 Å². The maximum atomic E-state index is 12.6. The van der Waals surface area contributed by atoms with Gasteiger partial charge in [-0.15, -0.1) is 0 Å². The van der Waals surface area contributed by atoms with E-state index in [-0.39, 0.29) is 23.8 Å². The van der Waals surface area contributed by atoms with Crippen LogP contribution >= 0.6 is 11.8 Å². The van der Waals surface area contributed by atoms with Crippen LogP contribution in [0, 0.1) is 0 Å². The van der Waals surface area contributed by atoms with Crippen molar-refractivity contribution in [3.63, 3.8) is 0 Å². The van der Waals surface area contributed by atoms with Gasteiger partial charge < -0.3 is 15.5 Å². The Morgan fingerprint density at radius 3 is 2.95 bits per heavy atom. The first-order chi connectivity index (χ1) is 10.6. The molecule has 6 nitrogen and oxygen atoms in total. The molecule has 2 N–H and O–H groups in total. The third-order valence-corrected chi connectivity index (χ3v) is 4.52. The number of benzene rings is 1. The van der Waals surface area contributed by atoms with E-state index in [0.717, 1.165) is 0 Å². The van der Waals surface area contributed by atoms with Crippen LogP contribution in [0.3, 0.4) is 0 Å². The fourth-order valence-corrected chi connectivity index (χ4v) is 3.36. The molecule has 1 fully saturated rings. The van der Waals surface area contributed by atoms with E-state index in [0.29, 0.717) is 30.0 Å². The molecule has 0 radical (unpaired) electrons. The summed E-state index contributed by atoms with van der Waals surface area (Å²) in [4.78, 5) is 38.5. The maximum absolute atomic E-state index is 12.6. The van der Waals surface area contributed by atoms with Gasteiger partial charge in [0.15, 0.2) is 0 Å². The Kier molecular flexibility index (Phi) is 4.06. The molecule has 2 aliphatic rings. The molecule has 7 heteroatoms. The highest BCUT2D eigenvalue weighted by molar-refractivity contribution is 7.99. The number of anilines is 1. The minimum atomic E-state index is -0.647. The van der Waals surface area contributed by atoms with Crippen molar-refractivity contribution >= 4 is 35.2 Å². The van der Waals surface area contributed by atoms with Gasteiger partial charge >= 0.3 is 0 Å². The molecule has 0 saturated carbocycles. The molecule has 1 aromatic carbocycles. The van der Waals surface area contributed by atoms with E-state index in [1.807, 2.05) is 6.26 Å². The lowest BCUT2D eigenvalue weighted by Gasteiger charge is -2.24. The van der Waals surface area contributed by atoms with Crippen molar-refractivity contribution in [3.8, 4) is 0 Å². The lowest BCUT2D eigenvalue weighted by molar-refractivity contribution is -0.122. The second kappa shape index (κ2) is 6.00. The van der Waals surface area contributed by atoms with Crippen molar-refractivity contribution < 1.29 is 14.4 Å². The fraction of sp³-hybridized carbons (Fsp3) is 0.400. The Labute approximate surface area is 132 Å². The van der Waals surface area contributed by atoms with Gasteiger partial charge in [0, 0.05) is 6.54 Å². The van der Waals surface area contributed by atoms with Crippen LogP contribution in [0.1, 0.15) is 16.8 Å². The summed E-state index contributed by atoms with van der Waals surface area (Å²) in [5.41, 5.74) is 1.02. The Bertz CT molecular complexity index is 634. The van der Waals surface area contributed by atoms with Crippen molar-refractivity contribution in [3.05, 3.63) is 29.8 Å². The zero-order valence-electron chi connectivity index (χ0n) is 12.2. The third-order valence-electron chi connectivity index (χ3n) is 3.96. The summed E-state index contributed by atoms with van der Waals surface area (Å²) in [5, 5.41) is 5.67. The van der Waals surface area contributed by atoms with Crippen LogP contribution in [0.4, 0.5) is 5.69 Å². The first kappa shape index (κ1) is 14.9. The van der Waals surface area contributed by atoms with Gasteiger partial charge in [-0.1, -0.05) is 12.1 Å². The van der Waals surface area contributed by atoms with Crippen molar-refractivity contribution in [1.29, 1.82) is 0 Å². The molecule has 2 aliphatic heterocycles. The van der Waals surface area contributed by atoms with E-state index in [9.17, 15) is 14.4 Å². The SMILES string of the molecule is CSCC(=O)N[C@@H]1CCN2C(=O)c3ccccc3NC(=O)[C@H]12. The number of para-hydroxylation sites is 1. The molecule has 3 amide bonds. The van der Waals surface area contributed by atoms with Crippen molar-refractivity contribution in [2.45, 2.75) is 18.5 Å². The number of nitrogens with one attached hydrogen (secondary N) is 2. The molecule has 3 rings (SSSR count). The quantitative estimate of drug-likeness (QED) is 0.860. The molecular weight excluding hydrogens is 302 g/mol. The summed E-state index contributed by atoms with van der Waals surface area (Å²) < 4.78 is 0. The van der Waals surface area contributed by atoms with Crippen LogP contribution in [0.15, 0.2) is 24.3 Å². The molecule has 22 heavy (non-hydrogen) atoms. The average molecular weight is 319 g/mol. The van der Waals surface area contributed by atoms with Crippen LogP contribution in [0.25, 0.3) is 0 Å². The summed E-state index contributed by atoms with van der Waals surface area (Å²) in [6.07, 6.45) is 2.44. The Morgan fingerprint density at radius 1 is 1.41 bits per heavy atom. The van der Waals surface area contributed by atoms with Gasteiger partial charge in [-0.05, 0) is 24.8 Å². The highest BCUT2D eigenvalue weighted by Crippen LogP contribution is 2.28. The van der Waals surface area contributed by atoms with Crippen molar-refractivity contribution in [2.75, 3.05) is 23.9 Å². The fourth-order valence-electron chi connectivity index (χ4n) is 3.02. The molecule has 2 heterocycles. The molecule has 0 aliphatic carbocycles. The second-order valence-corrected chi connectivity index (χ2v) is 6.24. The van der Waals surface area contributed by atoms with Crippen LogP contribution in [-0.2, 0) is 9.59 Å². The number of thioether (sulfide) groups is 1. The Balaban J connectivity index is 1.86. The number of hydrogen-bond donors (Lipinski definition) is 2. The van der Waals surface area contributed by atoms with Crippen LogP contribution in [-0.4, -0.2) is 53.3 Å². The summed E-state index contributed by atoms with van der Waals surface area (Å²) in [6, 6.07) is 6.00. The minimum Gasteiger partial charge on any atom is -0.350 e. The third kappa shape index (κ3) is 2.56. The highest BCUT2D eigenvalue weighted by Gasteiger charge is 2.45. The lowest BCUT2D eigenvalue weighted by atomic mass is 10.1. The number of rotatable bonds is 3. The summed E-state index contributed by atoms with van der Waals surface area (Å²) in [5.74, 6) is -0.175. The predicted molar refractivity (Wildman–Crippen MR) is 84.8 cm³/mol. The second-order valence-electron chi connectivity index (χ2n) is 5.37. The van der Waals surface area contributed by atoms with Gasteiger partial charge in [0.25, 0.3) is 5.91 Å². The number of carbonyl (C=O) groups is 3.